The van der Waals surface area contributed by atoms with E-state index in [1.165, 1.54) is 5.56 Å². The minimum Gasteiger partial charge on any atom is -0.399 e. The van der Waals surface area contributed by atoms with Gasteiger partial charge in [0.1, 0.15) is 0 Å². The molecule has 0 saturated heterocycles. The average Bonchev–Trinajstić information content (AvgIpc) is 2.68. The molecule has 0 saturated carbocycles. The van der Waals surface area contributed by atoms with Gasteiger partial charge in [-0.1, -0.05) is 18.7 Å². The predicted octanol–water partition coefficient (Wildman–Crippen LogP) is 2.50. The lowest BCUT2D eigenvalue weighted by Crippen LogP contribution is -2.24. The number of carbonyl (C=O) groups is 1. The zero-order valence-corrected chi connectivity index (χ0v) is 10.4. The predicted molar refractivity (Wildman–Crippen MR) is 73.8 cm³/mol. The highest BCUT2D eigenvalue weighted by Gasteiger charge is 2.17. The van der Waals surface area contributed by atoms with E-state index >= 15 is 0 Å². The fraction of sp³-hybridized carbons (Fsp3) is 0.267. The number of amides is 1. The molecule has 1 heterocycles. The highest BCUT2D eigenvalue weighted by Crippen LogP contribution is 2.15. The van der Waals surface area contributed by atoms with Gasteiger partial charge in [-0.2, -0.15) is 0 Å². The highest BCUT2D eigenvalue weighted by molar-refractivity contribution is 5.92. The van der Waals surface area contributed by atoms with Crippen LogP contribution in [0.2, 0.25) is 0 Å². The molecule has 0 radical (unpaired) electrons. The van der Waals surface area contributed by atoms with Crippen molar-refractivity contribution in [3.8, 4) is 0 Å². The molecule has 2 N–H and O–H groups in total. The van der Waals surface area contributed by atoms with Crippen LogP contribution >= 0.6 is 0 Å². The van der Waals surface area contributed by atoms with Crippen LogP contribution in [0.1, 0.15) is 18.4 Å². The van der Waals surface area contributed by atoms with Gasteiger partial charge in [-0.25, -0.2) is 0 Å². The number of rotatable bonds is 5. The van der Waals surface area contributed by atoms with Crippen molar-refractivity contribution in [3.63, 3.8) is 0 Å². The molecule has 1 aliphatic rings. The van der Waals surface area contributed by atoms with Crippen molar-refractivity contribution < 1.29 is 4.79 Å². The van der Waals surface area contributed by atoms with Gasteiger partial charge in [0.05, 0.1) is 0 Å². The molecule has 94 valence electrons. The minimum atomic E-state index is 0.0486. The molecular formula is C15H18N2O. The molecule has 0 fully saturated rings. The molecule has 1 amide bonds. The topological polar surface area (TPSA) is 46.3 Å². The zero-order valence-electron chi connectivity index (χ0n) is 10.4. The van der Waals surface area contributed by atoms with E-state index in [1.54, 1.807) is 17.1 Å². The summed E-state index contributed by atoms with van der Waals surface area (Å²) in [5.41, 5.74) is 8.51. The summed E-state index contributed by atoms with van der Waals surface area (Å²) in [6, 6.07) is 7.95. The van der Waals surface area contributed by atoms with Crippen LogP contribution in [0.3, 0.4) is 0 Å². The van der Waals surface area contributed by atoms with Gasteiger partial charge in [0, 0.05) is 24.0 Å². The number of nitrogens with two attached hydrogens (primary N) is 1. The number of hydrogen-bond donors (Lipinski definition) is 1. The largest absolute Gasteiger partial charge is 0.399 e. The third-order valence-corrected chi connectivity index (χ3v) is 3.11. The van der Waals surface area contributed by atoms with Gasteiger partial charge < -0.3 is 10.6 Å². The summed E-state index contributed by atoms with van der Waals surface area (Å²) in [5, 5.41) is 0. The second-order valence-electron chi connectivity index (χ2n) is 4.51. The average molecular weight is 242 g/mol. The van der Waals surface area contributed by atoms with Gasteiger partial charge in [0.2, 0.25) is 0 Å². The van der Waals surface area contributed by atoms with Gasteiger partial charge in [-0.3, -0.25) is 4.79 Å². The summed E-state index contributed by atoms with van der Waals surface area (Å²) >= 11 is 0. The molecule has 1 aliphatic heterocycles. The zero-order chi connectivity index (χ0) is 13.0. The van der Waals surface area contributed by atoms with Crippen LogP contribution in [-0.2, 0) is 11.2 Å². The Morgan fingerprint density at radius 1 is 1.11 bits per heavy atom. The van der Waals surface area contributed by atoms with Gasteiger partial charge in [-0.05, 0) is 43.0 Å². The Kier molecular flexibility index (Phi) is 3.82. The number of unbranched alkanes of at least 4 members (excludes halogenated alkanes) is 1. The number of aryl methyl sites for hydroxylation is 1. The lowest BCUT2D eigenvalue weighted by atomic mass is 10.1. The van der Waals surface area contributed by atoms with Gasteiger partial charge in [0.15, 0.2) is 0 Å². The number of allylic oxidation sites excluding steroid dienone is 1. The van der Waals surface area contributed by atoms with Crippen LogP contribution in [0.5, 0.6) is 0 Å². The summed E-state index contributed by atoms with van der Waals surface area (Å²) in [5.74, 6) is 0.0486. The molecule has 1 aromatic rings. The number of nitrogens with zero attached hydrogens (tertiary/aromatic N) is 1. The third kappa shape index (κ3) is 3.00. The van der Waals surface area contributed by atoms with Crippen molar-refractivity contribution in [2.45, 2.75) is 19.3 Å². The van der Waals surface area contributed by atoms with Crippen LogP contribution in [0, 0.1) is 0 Å². The smallest absolute Gasteiger partial charge is 0.251 e. The van der Waals surface area contributed by atoms with Crippen molar-refractivity contribution in [1.82, 2.24) is 4.90 Å². The molecule has 0 unspecified atom stereocenters. The molecule has 1 aromatic carbocycles. The Morgan fingerprint density at radius 2 is 1.83 bits per heavy atom. The molecule has 0 aliphatic carbocycles. The van der Waals surface area contributed by atoms with Gasteiger partial charge in [-0.15, -0.1) is 0 Å². The number of hydrogen-bond acceptors (Lipinski definition) is 2. The van der Waals surface area contributed by atoms with Crippen LogP contribution in [-0.4, -0.2) is 17.4 Å². The van der Waals surface area contributed by atoms with E-state index in [-0.39, 0.29) is 5.91 Å². The molecule has 0 spiro atoms. The van der Waals surface area contributed by atoms with Crippen LogP contribution < -0.4 is 5.73 Å². The van der Waals surface area contributed by atoms with Crippen molar-refractivity contribution in [3.05, 3.63) is 54.3 Å². The first-order valence-electron chi connectivity index (χ1n) is 6.20. The van der Waals surface area contributed by atoms with E-state index in [1.807, 2.05) is 12.1 Å². The lowest BCUT2D eigenvalue weighted by Gasteiger charge is -2.16. The first kappa shape index (κ1) is 12.4. The third-order valence-electron chi connectivity index (χ3n) is 3.11. The summed E-state index contributed by atoms with van der Waals surface area (Å²) in [7, 11) is 0. The molecule has 0 aromatic heterocycles. The highest BCUT2D eigenvalue weighted by atomic mass is 16.2. The molecule has 18 heavy (non-hydrogen) atoms. The minimum absolute atomic E-state index is 0.0486. The summed E-state index contributed by atoms with van der Waals surface area (Å²) in [6.45, 7) is 4.59. The first-order chi connectivity index (χ1) is 8.66. The van der Waals surface area contributed by atoms with E-state index in [2.05, 4.69) is 18.7 Å². The summed E-state index contributed by atoms with van der Waals surface area (Å²) < 4.78 is 0. The van der Waals surface area contributed by atoms with E-state index in [0.717, 1.165) is 37.2 Å². The Morgan fingerprint density at radius 3 is 2.44 bits per heavy atom. The van der Waals surface area contributed by atoms with Crippen LogP contribution in [0.15, 0.2) is 48.7 Å². The summed E-state index contributed by atoms with van der Waals surface area (Å²) in [4.78, 5) is 13.2. The second-order valence-corrected chi connectivity index (χ2v) is 4.51. The Labute approximate surface area is 108 Å². The molecule has 3 nitrogen and oxygen atoms in total. The maximum absolute atomic E-state index is 11.5. The van der Waals surface area contributed by atoms with E-state index in [4.69, 9.17) is 5.73 Å². The van der Waals surface area contributed by atoms with E-state index in [9.17, 15) is 4.79 Å². The van der Waals surface area contributed by atoms with Crippen molar-refractivity contribution in [2.75, 3.05) is 12.3 Å². The Bertz CT molecular complexity index is 456. The molecule has 3 heteroatoms. The number of anilines is 1. The maximum atomic E-state index is 11.5. The monoisotopic (exact) mass is 242 g/mol. The molecule has 0 bridgehead atoms. The second kappa shape index (κ2) is 5.54. The number of benzene rings is 1. The SMILES string of the molecule is C=C1C=CC(=O)N1CCCCc1ccc(N)cc1. The normalized spacial score (nSPS) is 14.6. The fourth-order valence-corrected chi connectivity index (χ4v) is 2.03. The van der Waals surface area contributed by atoms with Crippen LogP contribution in [0.25, 0.3) is 0 Å². The van der Waals surface area contributed by atoms with E-state index < -0.39 is 0 Å². The summed E-state index contributed by atoms with van der Waals surface area (Å²) in [6.07, 6.45) is 6.39. The Hall–Kier alpha value is -2.03. The van der Waals surface area contributed by atoms with Crippen molar-refractivity contribution in [2.24, 2.45) is 0 Å². The lowest BCUT2D eigenvalue weighted by molar-refractivity contribution is -0.123. The molecule has 2 rings (SSSR count). The maximum Gasteiger partial charge on any atom is 0.251 e. The van der Waals surface area contributed by atoms with Gasteiger partial charge in [0.25, 0.3) is 5.91 Å². The molecule has 0 atom stereocenters. The number of carbonyl (C=O) groups excluding carboxylic acids is 1. The standard InChI is InChI=1S/C15H18N2O/c1-12-5-10-15(18)17(12)11-3-2-4-13-6-8-14(16)9-7-13/h5-10H,1-4,11,16H2. The first-order valence-corrected chi connectivity index (χ1v) is 6.20. The fourth-order valence-electron chi connectivity index (χ4n) is 2.03. The van der Waals surface area contributed by atoms with Crippen LogP contribution in [0.4, 0.5) is 5.69 Å². The number of nitrogen functional groups attached to an aromatic ring is 1. The Balaban J connectivity index is 1.72. The quantitative estimate of drug-likeness (QED) is 0.637. The van der Waals surface area contributed by atoms with Gasteiger partial charge >= 0.3 is 0 Å². The van der Waals surface area contributed by atoms with E-state index in [0.29, 0.717) is 0 Å². The van der Waals surface area contributed by atoms with Crippen molar-refractivity contribution in [1.29, 1.82) is 0 Å². The molecular weight excluding hydrogens is 224 g/mol. The van der Waals surface area contributed by atoms with Crippen molar-refractivity contribution >= 4 is 11.6 Å².